The molecule has 1 nitrogen and oxygen atoms in total. The van der Waals surface area contributed by atoms with Crippen molar-refractivity contribution in [2.45, 2.75) is 12.8 Å². The summed E-state index contributed by atoms with van der Waals surface area (Å²) in [5.74, 6) is -0.0610. The Labute approximate surface area is 90.5 Å². The zero-order chi connectivity index (χ0) is 9.14. The van der Waals surface area contributed by atoms with Gasteiger partial charge in [0.15, 0.2) is 0 Å². The third kappa shape index (κ3) is 2.11. The molecule has 1 aromatic rings. The van der Waals surface area contributed by atoms with Gasteiger partial charge in [-0.25, -0.2) is 0 Å². The lowest BCUT2D eigenvalue weighted by Gasteiger charge is -2.05. The van der Waals surface area contributed by atoms with Gasteiger partial charge in [-0.1, -0.05) is 17.7 Å². The first-order chi connectivity index (χ1) is 5.65. The van der Waals surface area contributed by atoms with Gasteiger partial charge < -0.3 is 0 Å². The second-order valence-corrected chi connectivity index (χ2v) is 4.12. The molecule has 1 rings (SSSR count). The molecule has 0 radical (unpaired) electrons. The van der Waals surface area contributed by atoms with E-state index < -0.39 is 0 Å². The molecule has 0 aliphatic rings. The summed E-state index contributed by atoms with van der Waals surface area (Å²) in [6.07, 6.45) is 0. The lowest BCUT2D eigenvalue weighted by atomic mass is 10.0. The SMILES string of the molecule is CC(C#N)c1ccc(Cl)cc1I. The van der Waals surface area contributed by atoms with Crippen LogP contribution in [0.15, 0.2) is 18.2 Å². The summed E-state index contributed by atoms with van der Waals surface area (Å²) in [4.78, 5) is 0. The summed E-state index contributed by atoms with van der Waals surface area (Å²) < 4.78 is 1.05. The van der Waals surface area contributed by atoms with Crippen LogP contribution in [0.4, 0.5) is 0 Å². The quantitative estimate of drug-likeness (QED) is 0.726. The molecular formula is C9H7ClIN. The summed E-state index contributed by atoms with van der Waals surface area (Å²) in [6, 6.07) is 7.77. The molecule has 0 aliphatic heterocycles. The zero-order valence-electron chi connectivity index (χ0n) is 6.51. The molecule has 0 bridgehead atoms. The maximum absolute atomic E-state index is 8.70. The predicted molar refractivity (Wildman–Crippen MR) is 58.2 cm³/mol. The summed E-state index contributed by atoms with van der Waals surface area (Å²) in [6.45, 7) is 1.88. The average molecular weight is 292 g/mol. The minimum atomic E-state index is -0.0610. The summed E-state index contributed by atoms with van der Waals surface area (Å²) >= 11 is 7.97. The Balaban J connectivity index is 3.11. The lowest BCUT2D eigenvalue weighted by Crippen LogP contribution is -1.92. The minimum Gasteiger partial charge on any atom is -0.198 e. The Kier molecular flexibility index (Phi) is 3.36. The van der Waals surface area contributed by atoms with Gasteiger partial charge in [0.25, 0.3) is 0 Å². The molecule has 1 atom stereocenters. The van der Waals surface area contributed by atoms with Crippen LogP contribution in [0.3, 0.4) is 0 Å². The molecule has 0 saturated carbocycles. The van der Waals surface area contributed by atoms with Crippen LogP contribution in [-0.2, 0) is 0 Å². The average Bonchev–Trinajstić information content (AvgIpc) is 2.03. The Morgan fingerprint density at radius 1 is 1.58 bits per heavy atom. The fourth-order valence-corrected chi connectivity index (χ4v) is 2.26. The zero-order valence-corrected chi connectivity index (χ0v) is 9.43. The van der Waals surface area contributed by atoms with Crippen molar-refractivity contribution in [3.63, 3.8) is 0 Å². The van der Waals surface area contributed by atoms with Crippen molar-refractivity contribution in [2.75, 3.05) is 0 Å². The first-order valence-electron chi connectivity index (χ1n) is 3.49. The van der Waals surface area contributed by atoms with Crippen molar-refractivity contribution >= 4 is 34.2 Å². The van der Waals surface area contributed by atoms with E-state index >= 15 is 0 Å². The van der Waals surface area contributed by atoms with E-state index in [2.05, 4.69) is 28.7 Å². The van der Waals surface area contributed by atoms with Crippen LogP contribution in [-0.4, -0.2) is 0 Å². The highest BCUT2D eigenvalue weighted by Gasteiger charge is 2.07. The monoisotopic (exact) mass is 291 g/mol. The minimum absolute atomic E-state index is 0.0610. The molecule has 0 N–H and O–H groups in total. The van der Waals surface area contributed by atoms with Crippen LogP contribution in [0.2, 0.25) is 5.02 Å². The van der Waals surface area contributed by atoms with E-state index in [1.54, 1.807) is 0 Å². The Morgan fingerprint density at radius 3 is 2.75 bits per heavy atom. The fourth-order valence-electron chi connectivity index (χ4n) is 0.922. The standard InChI is InChI=1S/C9H7ClIN/c1-6(5-12)8-3-2-7(10)4-9(8)11/h2-4,6H,1H3. The first kappa shape index (κ1) is 9.82. The van der Waals surface area contributed by atoms with Crippen LogP contribution in [0.1, 0.15) is 18.4 Å². The van der Waals surface area contributed by atoms with Crippen molar-refractivity contribution in [1.82, 2.24) is 0 Å². The molecule has 62 valence electrons. The second-order valence-electron chi connectivity index (χ2n) is 2.52. The normalized spacial score (nSPS) is 12.2. The molecule has 0 aromatic heterocycles. The number of halogens is 2. The van der Waals surface area contributed by atoms with Crippen LogP contribution in [0.5, 0.6) is 0 Å². The lowest BCUT2D eigenvalue weighted by molar-refractivity contribution is 0.973. The van der Waals surface area contributed by atoms with E-state index in [4.69, 9.17) is 16.9 Å². The number of hydrogen-bond donors (Lipinski definition) is 0. The van der Waals surface area contributed by atoms with Crippen molar-refractivity contribution < 1.29 is 0 Å². The third-order valence-electron chi connectivity index (χ3n) is 1.62. The smallest absolute Gasteiger partial charge is 0.0701 e. The molecular weight excluding hydrogens is 284 g/mol. The number of benzene rings is 1. The maximum atomic E-state index is 8.70. The van der Waals surface area contributed by atoms with Crippen molar-refractivity contribution in [1.29, 1.82) is 5.26 Å². The van der Waals surface area contributed by atoms with Gasteiger partial charge in [0.05, 0.1) is 12.0 Å². The molecule has 0 spiro atoms. The van der Waals surface area contributed by atoms with E-state index in [1.807, 2.05) is 25.1 Å². The van der Waals surface area contributed by atoms with E-state index in [9.17, 15) is 0 Å². The van der Waals surface area contributed by atoms with Crippen LogP contribution in [0, 0.1) is 14.9 Å². The predicted octanol–water partition coefficient (Wildman–Crippen LogP) is 3.57. The molecule has 0 fully saturated rings. The van der Waals surface area contributed by atoms with Gasteiger partial charge in [-0.05, 0) is 47.2 Å². The third-order valence-corrected chi connectivity index (χ3v) is 2.79. The van der Waals surface area contributed by atoms with E-state index in [1.165, 1.54) is 0 Å². The maximum Gasteiger partial charge on any atom is 0.0701 e. The molecule has 0 aliphatic carbocycles. The van der Waals surface area contributed by atoms with E-state index in [0.717, 1.165) is 9.13 Å². The van der Waals surface area contributed by atoms with E-state index in [-0.39, 0.29) is 5.92 Å². The highest BCUT2D eigenvalue weighted by Crippen LogP contribution is 2.23. The molecule has 12 heavy (non-hydrogen) atoms. The molecule has 1 unspecified atom stereocenters. The number of hydrogen-bond acceptors (Lipinski definition) is 1. The van der Waals surface area contributed by atoms with Gasteiger partial charge in [-0.15, -0.1) is 0 Å². The van der Waals surface area contributed by atoms with Gasteiger partial charge in [0.1, 0.15) is 0 Å². The highest BCUT2D eigenvalue weighted by atomic mass is 127. The van der Waals surface area contributed by atoms with Crippen LogP contribution < -0.4 is 0 Å². The first-order valence-corrected chi connectivity index (χ1v) is 4.95. The summed E-state index contributed by atoms with van der Waals surface area (Å²) in [5.41, 5.74) is 1.04. The Bertz CT molecular complexity index is 330. The molecule has 0 amide bonds. The largest absolute Gasteiger partial charge is 0.198 e. The second kappa shape index (κ2) is 4.11. The highest BCUT2D eigenvalue weighted by molar-refractivity contribution is 14.1. The number of rotatable bonds is 1. The van der Waals surface area contributed by atoms with Crippen LogP contribution >= 0.6 is 34.2 Å². The molecule has 3 heteroatoms. The fraction of sp³-hybridized carbons (Fsp3) is 0.222. The molecule has 0 heterocycles. The summed E-state index contributed by atoms with van der Waals surface area (Å²) in [5, 5.41) is 9.41. The summed E-state index contributed by atoms with van der Waals surface area (Å²) in [7, 11) is 0. The Morgan fingerprint density at radius 2 is 2.25 bits per heavy atom. The van der Waals surface area contributed by atoms with Crippen molar-refractivity contribution in [3.8, 4) is 6.07 Å². The van der Waals surface area contributed by atoms with Gasteiger partial charge in [0.2, 0.25) is 0 Å². The van der Waals surface area contributed by atoms with Crippen molar-refractivity contribution in [3.05, 3.63) is 32.4 Å². The van der Waals surface area contributed by atoms with Gasteiger partial charge in [-0.2, -0.15) is 5.26 Å². The van der Waals surface area contributed by atoms with E-state index in [0.29, 0.717) is 5.02 Å². The number of nitrogens with zero attached hydrogens (tertiary/aromatic N) is 1. The number of nitriles is 1. The molecule has 1 aromatic carbocycles. The van der Waals surface area contributed by atoms with Gasteiger partial charge >= 0.3 is 0 Å². The van der Waals surface area contributed by atoms with Gasteiger partial charge in [-0.3, -0.25) is 0 Å². The Hall–Kier alpha value is -0.270. The molecule has 0 saturated heterocycles. The van der Waals surface area contributed by atoms with Crippen molar-refractivity contribution in [2.24, 2.45) is 0 Å². The van der Waals surface area contributed by atoms with Crippen LogP contribution in [0.25, 0.3) is 0 Å². The van der Waals surface area contributed by atoms with Gasteiger partial charge in [0, 0.05) is 8.59 Å². The topological polar surface area (TPSA) is 23.8 Å².